The molecular formula is C36H37ClFN3O4S. The first-order chi connectivity index (χ1) is 21.9. The summed E-state index contributed by atoms with van der Waals surface area (Å²) < 4.78 is 26.7. The van der Waals surface area contributed by atoms with E-state index in [1.54, 1.807) is 43.3 Å². The predicted octanol–water partition coefficient (Wildman–Crippen LogP) is 9.06. The minimum Gasteiger partial charge on any atom is -0.496 e. The molecule has 1 aliphatic rings. The van der Waals surface area contributed by atoms with Crippen LogP contribution in [0.4, 0.5) is 9.18 Å². The second-order valence-corrected chi connectivity index (χ2v) is 14.0. The maximum Gasteiger partial charge on any atom is 0.410 e. The quantitative estimate of drug-likeness (QED) is 0.197. The topological polar surface area (TPSA) is 82.9 Å². The zero-order valence-corrected chi connectivity index (χ0v) is 28.2. The maximum atomic E-state index is 14.8. The first-order valence-electron chi connectivity index (χ1n) is 15.2. The molecule has 0 saturated heterocycles. The lowest BCUT2D eigenvalue weighted by atomic mass is 9.89. The van der Waals surface area contributed by atoms with Gasteiger partial charge in [-0.1, -0.05) is 35.9 Å². The molecule has 0 radical (unpaired) electrons. The smallest absolute Gasteiger partial charge is 0.410 e. The molecule has 1 aliphatic carbocycles. The lowest BCUT2D eigenvalue weighted by molar-refractivity contribution is 0.0144. The van der Waals surface area contributed by atoms with Crippen LogP contribution in [0.2, 0.25) is 5.02 Å². The van der Waals surface area contributed by atoms with Crippen molar-refractivity contribution in [1.82, 2.24) is 9.80 Å². The number of halogens is 2. The fourth-order valence-corrected chi connectivity index (χ4v) is 7.46. The largest absolute Gasteiger partial charge is 0.496 e. The highest BCUT2D eigenvalue weighted by atomic mass is 35.5. The van der Waals surface area contributed by atoms with Gasteiger partial charge < -0.3 is 19.3 Å². The molecule has 0 atom stereocenters. The molecule has 1 aromatic heterocycles. The number of benzene rings is 3. The van der Waals surface area contributed by atoms with Gasteiger partial charge in [-0.15, -0.1) is 11.3 Å². The van der Waals surface area contributed by atoms with E-state index in [4.69, 9.17) is 21.1 Å². The highest BCUT2D eigenvalue weighted by Crippen LogP contribution is 2.40. The lowest BCUT2D eigenvalue weighted by Gasteiger charge is -2.40. The summed E-state index contributed by atoms with van der Waals surface area (Å²) in [5.41, 5.74) is 2.61. The van der Waals surface area contributed by atoms with E-state index in [0.717, 1.165) is 16.7 Å². The number of hydrogen-bond acceptors (Lipinski definition) is 6. The normalized spacial score (nSPS) is 16.5. The van der Waals surface area contributed by atoms with Crippen LogP contribution in [0.15, 0.2) is 60.7 Å². The van der Waals surface area contributed by atoms with E-state index in [-0.39, 0.29) is 45.9 Å². The zero-order chi connectivity index (χ0) is 33.2. The molecular weight excluding hydrogens is 625 g/mol. The Bertz CT molecular complexity index is 1790. The molecule has 1 fully saturated rings. The summed E-state index contributed by atoms with van der Waals surface area (Å²) >= 11 is 7.89. The van der Waals surface area contributed by atoms with Crippen molar-refractivity contribution >= 4 is 45.0 Å². The molecule has 5 rings (SSSR count). The van der Waals surface area contributed by atoms with Crippen LogP contribution in [0.1, 0.15) is 67.3 Å². The summed E-state index contributed by atoms with van der Waals surface area (Å²) in [6.45, 7) is 5.76. The van der Waals surface area contributed by atoms with Gasteiger partial charge in [-0.2, -0.15) is 5.26 Å². The molecule has 0 bridgehead atoms. The first-order valence-corrected chi connectivity index (χ1v) is 16.4. The average Bonchev–Trinajstić information content (AvgIpc) is 3.39. The van der Waals surface area contributed by atoms with Gasteiger partial charge in [0.15, 0.2) is 0 Å². The third-order valence-corrected chi connectivity index (χ3v) is 10.00. The third-order valence-electron chi connectivity index (χ3n) is 8.37. The molecule has 240 valence electrons. The van der Waals surface area contributed by atoms with Crippen LogP contribution in [0.3, 0.4) is 0 Å². The van der Waals surface area contributed by atoms with E-state index in [9.17, 15) is 19.2 Å². The molecule has 1 saturated carbocycles. The van der Waals surface area contributed by atoms with Gasteiger partial charge in [-0.05, 0) is 94.0 Å². The molecule has 0 aliphatic heterocycles. The number of nitriles is 1. The van der Waals surface area contributed by atoms with Crippen molar-refractivity contribution in [2.75, 3.05) is 14.2 Å². The fraction of sp³-hybridized carbons (Fsp3) is 0.361. The Morgan fingerprint density at radius 3 is 2.28 bits per heavy atom. The van der Waals surface area contributed by atoms with Crippen LogP contribution in [-0.2, 0) is 11.3 Å². The summed E-state index contributed by atoms with van der Waals surface area (Å²) in [7, 11) is 3.35. The SMILES string of the molecule is COc1ccc(-c2ccc(C#N)cc2)cc1CN(C(=O)c1sc2cccc(F)c2c1Cl)[C@H]1CC[C@H](N(C)C(=O)OC(C)(C)C)CC1. The molecule has 3 aromatic carbocycles. The number of carbonyl (C=O) groups excluding carboxylic acids is 2. The van der Waals surface area contributed by atoms with Crippen LogP contribution < -0.4 is 4.74 Å². The van der Waals surface area contributed by atoms with Crippen LogP contribution >= 0.6 is 22.9 Å². The van der Waals surface area contributed by atoms with E-state index >= 15 is 0 Å². The Morgan fingerprint density at radius 1 is 1.02 bits per heavy atom. The van der Waals surface area contributed by atoms with Gasteiger partial charge in [0.2, 0.25) is 0 Å². The van der Waals surface area contributed by atoms with Gasteiger partial charge in [0, 0.05) is 41.3 Å². The Balaban J connectivity index is 1.47. The van der Waals surface area contributed by atoms with Crippen molar-refractivity contribution in [1.29, 1.82) is 5.26 Å². The number of amides is 2. The second-order valence-electron chi connectivity index (χ2n) is 12.6. The molecule has 46 heavy (non-hydrogen) atoms. The average molecular weight is 662 g/mol. The van der Waals surface area contributed by atoms with Crippen molar-refractivity contribution in [3.8, 4) is 22.9 Å². The van der Waals surface area contributed by atoms with E-state index < -0.39 is 11.4 Å². The summed E-state index contributed by atoms with van der Waals surface area (Å²) in [5, 5.41) is 9.59. The third kappa shape index (κ3) is 7.14. The van der Waals surface area contributed by atoms with Crippen LogP contribution in [-0.4, -0.2) is 53.6 Å². The van der Waals surface area contributed by atoms with Gasteiger partial charge in [0.1, 0.15) is 22.0 Å². The standard InChI is InChI=1S/C36H37ClFN3O4S/c1-36(2,3)45-35(43)40(4)26-14-16-27(17-15-26)41(34(42)33-32(37)31-28(38)7-6-8-30(31)46-33)21-25-19-24(13-18-29(25)44-5)23-11-9-22(20-39)10-12-23/h6-13,18-19,26-27H,14-17,21H2,1-5H3/t26-,27-. The molecule has 4 aromatic rings. The molecule has 2 amide bonds. The van der Waals surface area contributed by atoms with Crippen LogP contribution in [0.5, 0.6) is 5.75 Å². The summed E-state index contributed by atoms with van der Waals surface area (Å²) in [5.74, 6) is -0.116. The molecule has 0 spiro atoms. The van der Waals surface area contributed by atoms with Gasteiger partial charge >= 0.3 is 6.09 Å². The number of fused-ring (bicyclic) bond motifs is 1. The maximum absolute atomic E-state index is 14.8. The van der Waals surface area contributed by atoms with E-state index in [1.165, 1.54) is 17.4 Å². The number of carbonyl (C=O) groups is 2. The Morgan fingerprint density at radius 2 is 1.67 bits per heavy atom. The predicted molar refractivity (Wildman–Crippen MR) is 180 cm³/mol. The summed E-state index contributed by atoms with van der Waals surface area (Å²) in [6.07, 6.45) is 2.30. The number of hydrogen-bond donors (Lipinski definition) is 0. The summed E-state index contributed by atoms with van der Waals surface area (Å²) in [4.78, 5) is 31.0. The summed E-state index contributed by atoms with van der Waals surface area (Å²) in [6, 6.07) is 19.8. The molecule has 7 nitrogen and oxygen atoms in total. The van der Waals surface area contributed by atoms with Gasteiger partial charge in [-0.25, -0.2) is 9.18 Å². The monoisotopic (exact) mass is 661 g/mol. The minimum absolute atomic E-state index is 0.0284. The molecule has 10 heteroatoms. The van der Waals surface area contributed by atoms with Gasteiger partial charge in [0.05, 0.1) is 23.8 Å². The highest BCUT2D eigenvalue weighted by molar-refractivity contribution is 7.21. The zero-order valence-electron chi connectivity index (χ0n) is 26.6. The minimum atomic E-state index is -0.597. The molecule has 0 unspecified atom stereocenters. The number of rotatable bonds is 7. The lowest BCUT2D eigenvalue weighted by Crippen LogP contribution is -2.47. The number of ether oxygens (including phenoxy) is 2. The van der Waals surface area contributed by atoms with Crippen molar-refractivity contribution in [3.05, 3.63) is 87.5 Å². The second kappa shape index (κ2) is 13.7. The van der Waals surface area contributed by atoms with Crippen LogP contribution in [0.25, 0.3) is 21.2 Å². The van der Waals surface area contributed by atoms with E-state index in [1.807, 2.05) is 56.0 Å². The number of nitrogens with zero attached hydrogens (tertiary/aromatic N) is 3. The van der Waals surface area contributed by atoms with E-state index in [0.29, 0.717) is 41.7 Å². The first kappa shape index (κ1) is 33.2. The Hall–Kier alpha value is -4.13. The van der Waals surface area contributed by atoms with Crippen molar-refractivity contribution < 1.29 is 23.5 Å². The van der Waals surface area contributed by atoms with Gasteiger partial charge in [0.25, 0.3) is 5.91 Å². The van der Waals surface area contributed by atoms with E-state index in [2.05, 4.69) is 6.07 Å². The highest BCUT2D eigenvalue weighted by Gasteiger charge is 2.35. The number of thiophene rings is 1. The number of methoxy groups -OCH3 is 1. The van der Waals surface area contributed by atoms with Crippen molar-refractivity contribution in [2.45, 2.75) is 70.7 Å². The Labute approximate surface area is 278 Å². The van der Waals surface area contributed by atoms with Crippen molar-refractivity contribution in [3.63, 3.8) is 0 Å². The Kier molecular flexibility index (Phi) is 9.90. The molecule has 0 N–H and O–H groups in total. The fourth-order valence-electron chi connectivity index (χ4n) is 5.95. The molecule has 1 heterocycles. The van der Waals surface area contributed by atoms with Crippen molar-refractivity contribution in [2.24, 2.45) is 0 Å². The van der Waals surface area contributed by atoms with Gasteiger partial charge in [-0.3, -0.25) is 4.79 Å². The van der Waals surface area contributed by atoms with Crippen LogP contribution in [0, 0.1) is 17.1 Å².